The van der Waals surface area contributed by atoms with Gasteiger partial charge in [-0.3, -0.25) is 9.78 Å². The zero-order valence-corrected chi connectivity index (χ0v) is 12.5. The molecule has 0 saturated carbocycles. The second kappa shape index (κ2) is 6.09. The molecule has 4 nitrogen and oxygen atoms in total. The number of nitrogens with zero attached hydrogens (tertiary/aromatic N) is 1. The van der Waals surface area contributed by atoms with Gasteiger partial charge in [-0.2, -0.15) is 8.78 Å². The molecule has 0 spiro atoms. The number of carbonyl (C=O) groups excluding carboxylic acids is 1. The molecule has 2 aromatic rings. The van der Waals surface area contributed by atoms with Crippen molar-refractivity contribution in [3.05, 3.63) is 53.3 Å². The standard InChI is InChI=1S/C16H16F2N2O2/c1-10-8-12(9-19-11(10)2)15(21)20-13-4-6-14(7-5-13)22-16(3,17)18/h4-9H,1-3H3,(H,20,21). The van der Waals surface area contributed by atoms with Crippen LogP contribution >= 0.6 is 0 Å². The molecule has 1 N–H and O–H groups in total. The Morgan fingerprint density at radius 3 is 2.41 bits per heavy atom. The number of carbonyl (C=O) groups is 1. The highest BCUT2D eigenvalue weighted by molar-refractivity contribution is 6.04. The van der Waals surface area contributed by atoms with Crippen molar-refractivity contribution in [2.45, 2.75) is 26.9 Å². The number of rotatable bonds is 4. The number of ether oxygens (including phenoxy) is 1. The number of hydrogen-bond acceptors (Lipinski definition) is 3. The Balaban J connectivity index is 2.07. The van der Waals surface area contributed by atoms with Crippen LogP contribution in [0.4, 0.5) is 14.5 Å². The van der Waals surface area contributed by atoms with Crippen molar-refractivity contribution in [3.63, 3.8) is 0 Å². The maximum absolute atomic E-state index is 12.7. The van der Waals surface area contributed by atoms with E-state index in [9.17, 15) is 13.6 Å². The summed E-state index contributed by atoms with van der Waals surface area (Å²) in [7, 11) is 0. The van der Waals surface area contributed by atoms with Crippen molar-refractivity contribution >= 4 is 11.6 Å². The number of halogens is 2. The van der Waals surface area contributed by atoms with E-state index in [2.05, 4.69) is 15.0 Å². The molecule has 0 bridgehead atoms. The van der Waals surface area contributed by atoms with E-state index in [-0.39, 0.29) is 11.7 Å². The first-order chi connectivity index (χ1) is 10.2. The third-order valence-corrected chi connectivity index (χ3v) is 3.01. The average molecular weight is 306 g/mol. The van der Waals surface area contributed by atoms with Crippen molar-refractivity contribution in [1.29, 1.82) is 0 Å². The van der Waals surface area contributed by atoms with Crippen LogP contribution in [-0.4, -0.2) is 17.0 Å². The van der Waals surface area contributed by atoms with Gasteiger partial charge in [-0.15, -0.1) is 0 Å². The maximum Gasteiger partial charge on any atom is 0.394 e. The van der Waals surface area contributed by atoms with Gasteiger partial charge in [0.05, 0.1) is 5.56 Å². The van der Waals surface area contributed by atoms with Crippen LogP contribution in [0, 0.1) is 13.8 Å². The van der Waals surface area contributed by atoms with Gasteiger partial charge in [0.15, 0.2) is 0 Å². The fourth-order valence-corrected chi connectivity index (χ4v) is 1.78. The number of hydrogen-bond donors (Lipinski definition) is 1. The molecule has 1 aromatic heterocycles. The third kappa shape index (κ3) is 4.25. The Morgan fingerprint density at radius 1 is 1.23 bits per heavy atom. The predicted octanol–water partition coefficient (Wildman–Crippen LogP) is 3.94. The molecule has 22 heavy (non-hydrogen) atoms. The molecule has 2 rings (SSSR count). The van der Waals surface area contributed by atoms with E-state index < -0.39 is 6.11 Å². The van der Waals surface area contributed by atoms with E-state index in [4.69, 9.17) is 0 Å². The van der Waals surface area contributed by atoms with Crippen LogP contribution < -0.4 is 10.1 Å². The van der Waals surface area contributed by atoms with Gasteiger partial charge >= 0.3 is 6.11 Å². The monoisotopic (exact) mass is 306 g/mol. The minimum atomic E-state index is -3.24. The molecule has 1 heterocycles. The van der Waals surface area contributed by atoms with Gasteiger partial charge in [0.1, 0.15) is 5.75 Å². The van der Waals surface area contributed by atoms with Gasteiger partial charge in [-0.25, -0.2) is 0 Å². The first kappa shape index (κ1) is 15.9. The topological polar surface area (TPSA) is 51.2 Å². The van der Waals surface area contributed by atoms with Crippen LogP contribution in [0.25, 0.3) is 0 Å². The van der Waals surface area contributed by atoms with E-state index in [0.29, 0.717) is 18.2 Å². The summed E-state index contributed by atoms with van der Waals surface area (Å²) in [5.74, 6) is -0.288. The largest absolute Gasteiger partial charge is 0.433 e. The van der Waals surface area contributed by atoms with E-state index in [1.165, 1.54) is 30.5 Å². The van der Waals surface area contributed by atoms with Gasteiger partial charge < -0.3 is 10.1 Å². The Morgan fingerprint density at radius 2 is 1.86 bits per heavy atom. The lowest BCUT2D eigenvalue weighted by molar-refractivity contribution is -0.158. The first-order valence-corrected chi connectivity index (χ1v) is 6.66. The molecule has 6 heteroatoms. The minimum Gasteiger partial charge on any atom is -0.433 e. The van der Waals surface area contributed by atoms with Crippen molar-refractivity contribution in [2.24, 2.45) is 0 Å². The summed E-state index contributed by atoms with van der Waals surface area (Å²) < 4.78 is 29.8. The summed E-state index contributed by atoms with van der Waals surface area (Å²) >= 11 is 0. The quantitative estimate of drug-likeness (QED) is 0.930. The van der Waals surface area contributed by atoms with Gasteiger partial charge in [0, 0.05) is 24.5 Å². The highest BCUT2D eigenvalue weighted by Crippen LogP contribution is 2.22. The lowest BCUT2D eigenvalue weighted by atomic mass is 10.1. The van der Waals surface area contributed by atoms with E-state index in [0.717, 1.165) is 11.3 Å². The number of benzene rings is 1. The second-order valence-electron chi connectivity index (χ2n) is 5.01. The van der Waals surface area contributed by atoms with Gasteiger partial charge in [0.25, 0.3) is 5.91 Å². The zero-order valence-electron chi connectivity index (χ0n) is 12.5. The Kier molecular flexibility index (Phi) is 4.40. The number of anilines is 1. The van der Waals surface area contributed by atoms with Crippen LogP contribution in [-0.2, 0) is 0 Å². The Hall–Kier alpha value is -2.50. The van der Waals surface area contributed by atoms with Crippen molar-refractivity contribution in [1.82, 2.24) is 4.98 Å². The Labute approximate surface area is 127 Å². The van der Waals surface area contributed by atoms with Crippen LogP contribution in [0.5, 0.6) is 5.75 Å². The third-order valence-electron chi connectivity index (χ3n) is 3.01. The molecule has 0 aliphatic carbocycles. The summed E-state index contributed by atoms with van der Waals surface area (Å²) in [6.45, 7) is 4.39. The molecule has 116 valence electrons. The zero-order chi connectivity index (χ0) is 16.3. The summed E-state index contributed by atoms with van der Waals surface area (Å²) in [5.41, 5.74) is 2.69. The van der Waals surface area contributed by atoms with Gasteiger partial charge in [0.2, 0.25) is 0 Å². The second-order valence-corrected chi connectivity index (χ2v) is 5.01. The number of pyridine rings is 1. The van der Waals surface area contributed by atoms with Crippen LogP contribution in [0.15, 0.2) is 36.5 Å². The van der Waals surface area contributed by atoms with Gasteiger partial charge in [-0.1, -0.05) is 0 Å². The summed E-state index contributed by atoms with van der Waals surface area (Å²) in [6.07, 6.45) is -1.75. The smallest absolute Gasteiger partial charge is 0.394 e. The Bertz CT molecular complexity index is 680. The lowest BCUT2D eigenvalue weighted by Crippen LogP contribution is -2.19. The highest BCUT2D eigenvalue weighted by atomic mass is 19.3. The van der Waals surface area contributed by atoms with Crippen LogP contribution in [0.1, 0.15) is 28.5 Å². The lowest BCUT2D eigenvalue weighted by Gasteiger charge is -2.13. The maximum atomic E-state index is 12.7. The van der Waals surface area contributed by atoms with Crippen molar-refractivity contribution in [2.75, 3.05) is 5.32 Å². The molecule has 0 radical (unpaired) electrons. The molecule has 0 atom stereocenters. The minimum absolute atomic E-state index is 0.0262. The fourth-order valence-electron chi connectivity index (χ4n) is 1.78. The number of aromatic nitrogens is 1. The highest BCUT2D eigenvalue weighted by Gasteiger charge is 2.22. The van der Waals surface area contributed by atoms with E-state index >= 15 is 0 Å². The van der Waals surface area contributed by atoms with Crippen LogP contribution in [0.2, 0.25) is 0 Å². The summed E-state index contributed by atoms with van der Waals surface area (Å²) in [5, 5.41) is 2.67. The van der Waals surface area contributed by atoms with Crippen LogP contribution in [0.3, 0.4) is 0 Å². The molecule has 1 aromatic carbocycles. The van der Waals surface area contributed by atoms with E-state index in [1.807, 2.05) is 13.8 Å². The average Bonchev–Trinajstić information content (AvgIpc) is 2.42. The molecule has 0 saturated heterocycles. The predicted molar refractivity (Wildman–Crippen MR) is 79.4 cm³/mol. The SMILES string of the molecule is Cc1cc(C(=O)Nc2ccc(OC(C)(F)F)cc2)cnc1C. The van der Waals surface area contributed by atoms with Crippen molar-refractivity contribution in [3.8, 4) is 5.75 Å². The molecular weight excluding hydrogens is 290 g/mol. The van der Waals surface area contributed by atoms with E-state index in [1.54, 1.807) is 6.07 Å². The molecule has 0 aliphatic rings. The van der Waals surface area contributed by atoms with Crippen molar-refractivity contribution < 1.29 is 18.3 Å². The summed E-state index contributed by atoms with van der Waals surface area (Å²) in [4.78, 5) is 16.2. The van der Waals surface area contributed by atoms with Gasteiger partial charge in [-0.05, 0) is 49.7 Å². The molecular formula is C16H16F2N2O2. The molecule has 0 aliphatic heterocycles. The number of aryl methyl sites for hydroxylation is 2. The fraction of sp³-hybridized carbons (Fsp3) is 0.250. The number of nitrogens with one attached hydrogen (secondary N) is 1. The first-order valence-electron chi connectivity index (χ1n) is 6.66. The molecule has 0 unspecified atom stereocenters. The molecule has 1 amide bonds. The number of alkyl halides is 2. The molecule has 0 fully saturated rings. The normalized spacial score (nSPS) is 11.1. The summed E-state index contributed by atoms with van der Waals surface area (Å²) in [6, 6.07) is 7.46. The number of amides is 1.